The molecule has 2 heterocycles. The van der Waals surface area contributed by atoms with Crippen molar-refractivity contribution in [1.82, 2.24) is 14.0 Å². The SMILES string of the molecule is Cn1c(CN)c(Br)n2c3cc(F)ccc3nc12. The zero-order valence-corrected chi connectivity index (χ0v) is 10.7. The molecule has 0 unspecified atom stereocenters. The zero-order valence-electron chi connectivity index (χ0n) is 9.11. The molecule has 88 valence electrons. The zero-order chi connectivity index (χ0) is 12.2. The van der Waals surface area contributed by atoms with E-state index >= 15 is 0 Å². The Kier molecular flexibility index (Phi) is 2.24. The third kappa shape index (κ3) is 1.34. The number of imidazole rings is 2. The molecule has 0 aliphatic heterocycles. The Balaban J connectivity index is 2.54. The summed E-state index contributed by atoms with van der Waals surface area (Å²) < 4.78 is 17.9. The molecule has 17 heavy (non-hydrogen) atoms. The van der Waals surface area contributed by atoms with Crippen molar-refractivity contribution in [3.63, 3.8) is 0 Å². The second kappa shape index (κ2) is 3.54. The Bertz CT molecular complexity index is 728. The lowest BCUT2D eigenvalue weighted by molar-refractivity contribution is 0.629. The first-order valence-corrected chi connectivity index (χ1v) is 5.93. The van der Waals surface area contributed by atoms with Gasteiger partial charge in [-0.3, -0.25) is 4.40 Å². The molecule has 2 aromatic heterocycles. The van der Waals surface area contributed by atoms with Crippen LogP contribution in [0, 0.1) is 5.82 Å². The Hall–Kier alpha value is -1.40. The van der Waals surface area contributed by atoms with Gasteiger partial charge < -0.3 is 10.3 Å². The first-order chi connectivity index (χ1) is 8.13. The lowest BCUT2D eigenvalue weighted by Crippen LogP contribution is -2.04. The molecule has 0 aliphatic rings. The summed E-state index contributed by atoms with van der Waals surface area (Å²) in [4.78, 5) is 4.46. The van der Waals surface area contributed by atoms with Gasteiger partial charge in [-0.15, -0.1) is 0 Å². The number of nitrogens with zero attached hydrogens (tertiary/aromatic N) is 3. The van der Waals surface area contributed by atoms with E-state index in [0.717, 1.165) is 27.1 Å². The van der Waals surface area contributed by atoms with Crippen molar-refractivity contribution >= 4 is 32.7 Å². The predicted octanol–water partition coefficient (Wildman–Crippen LogP) is 2.19. The summed E-state index contributed by atoms with van der Waals surface area (Å²) >= 11 is 3.49. The van der Waals surface area contributed by atoms with Gasteiger partial charge in [-0.05, 0) is 28.1 Å². The Morgan fingerprint density at radius 2 is 2.24 bits per heavy atom. The van der Waals surface area contributed by atoms with E-state index in [1.165, 1.54) is 12.1 Å². The van der Waals surface area contributed by atoms with Gasteiger partial charge in [0.05, 0.1) is 16.7 Å². The van der Waals surface area contributed by atoms with Crippen LogP contribution in [0.1, 0.15) is 5.69 Å². The van der Waals surface area contributed by atoms with Gasteiger partial charge in [0.1, 0.15) is 10.4 Å². The van der Waals surface area contributed by atoms with Crippen LogP contribution in [0.2, 0.25) is 0 Å². The molecule has 0 bridgehead atoms. The molecule has 0 saturated carbocycles. The van der Waals surface area contributed by atoms with Crippen LogP contribution in [0.4, 0.5) is 4.39 Å². The van der Waals surface area contributed by atoms with Crippen LogP contribution < -0.4 is 5.73 Å². The lowest BCUT2D eigenvalue weighted by Gasteiger charge is -1.98. The van der Waals surface area contributed by atoms with Crippen molar-refractivity contribution in [2.45, 2.75) is 6.54 Å². The Labute approximate surface area is 105 Å². The summed E-state index contributed by atoms with van der Waals surface area (Å²) in [5.41, 5.74) is 8.11. The minimum atomic E-state index is -0.274. The van der Waals surface area contributed by atoms with Gasteiger partial charge in [0.25, 0.3) is 0 Å². The fraction of sp³-hybridized carbons (Fsp3) is 0.182. The number of aryl methyl sites for hydroxylation is 1. The van der Waals surface area contributed by atoms with Crippen molar-refractivity contribution in [2.75, 3.05) is 0 Å². The van der Waals surface area contributed by atoms with Gasteiger partial charge in [-0.25, -0.2) is 9.37 Å². The first-order valence-electron chi connectivity index (χ1n) is 5.14. The third-order valence-electron chi connectivity index (χ3n) is 2.93. The monoisotopic (exact) mass is 296 g/mol. The van der Waals surface area contributed by atoms with Crippen LogP contribution in [-0.2, 0) is 13.6 Å². The number of rotatable bonds is 1. The fourth-order valence-corrected chi connectivity index (χ4v) is 2.84. The van der Waals surface area contributed by atoms with Crippen molar-refractivity contribution in [2.24, 2.45) is 12.8 Å². The minimum absolute atomic E-state index is 0.274. The van der Waals surface area contributed by atoms with E-state index in [0.29, 0.717) is 6.54 Å². The van der Waals surface area contributed by atoms with Gasteiger partial charge in [0.2, 0.25) is 5.78 Å². The number of benzene rings is 1. The topological polar surface area (TPSA) is 48.2 Å². The molecular formula is C11H10BrFN4. The van der Waals surface area contributed by atoms with Crippen molar-refractivity contribution < 1.29 is 4.39 Å². The van der Waals surface area contributed by atoms with Crippen LogP contribution in [0.15, 0.2) is 22.8 Å². The third-order valence-corrected chi connectivity index (χ3v) is 3.74. The molecule has 0 fully saturated rings. The van der Waals surface area contributed by atoms with Crippen molar-refractivity contribution in [1.29, 1.82) is 0 Å². The number of nitrogens with two attached hydrogens (primary N) is 1. The van der Waals surface area contributed by atoms with Gasteiger partial charge in [0, 0.05) is 19.7 Å². The van der Waals surface area contributed by atoms with Gasteiger partial charge >= 0.3 is 0 Å². The van der Waals surface area contributed by atoms with E-state index in [2.05, 4.69) is 20.9 Å². The fourth-order valence-electron chi connectivity index (χ4n) is 2.06. The van der Waals surface area contributed by atoms with Gasteiger partial charge in [-0.1, -0.05) is 0 Å². The number of halogens is 2. The smallest absolute Gasteiger partial charge is 0.215 e. The normalized spacial score (nSPS) is 11.8. The number of fused-ring (bicyclic) bond motifs is 3. The number of aromatic nitrogens is 3. The van der Waals surface area contributed by atoms with E-state index in [-0.39, 0.29) is 5.82 Å². The summed E-state index contributed by atoms with van der Waals surface area (Å²) in [7, 11) is 1.89. The molecule has 0 saturated heterocycles. The summed E-state index contributed by atoms with van der Waals surface area (Å²) in [6.45, 7) is 0.400. The quantitative estimate of drug-likeness (QED) is 0.748. The predicted molar refractivity (Wildman–Crippen MR) is 67.2 cm³/mol. The van der Waals surface area contributed by atoms with Crippen LogP contribution >= 0.6 is 15.9 Å². The van der Waals surface area contributed by atoms with Crippen LogP contribution in [-0.4, -0.2) is 14.0 Å². The maximum Gasteiger partial charge on any atom is 0.215 e. The summed E-state index contributed by atoms with van der Waals surface area (Å²) in [6.07, 6.45) is 0. The molecular weight excluding hydrogens is 287 g/mol. The molecule has 3 aromatic rings. The standard InChI is InChI=1S/C11H10BrFN4/c1-16-9(5-14)10(12)17-8-4-6(13)2-3-7(8)15-11(16)17/h2-4H,5,14H2,1H3. The second-order valence-corrected chi connectivity index (χ2v) is 4.63. The number of hydrogen-bond acceptors (Lipinski definition) is 2. The van der Waals surface area contributed by atoms with Crippen molar-refractivity contribution in [3.8, 4) is 0 Å². The average Bonchev–Trinajstić information content (AvgIpc) is 2.77. The van der Waals surface area contributed by atoms with E-state index in [1.54, 1.807) is 6.07 Å². The molecule has 0 atom stereocenters. The highest BCUT2D eigenvalue weighted by atomic mass is 79.9. The highest BCUT2D eigenvalue weighted by Gasteiger charge is 2.16. The van der Waals surface area contributed by atoms with E-state index < -0.39 is 0 Å². The molecule has 3 rings (SSSR count). The molecule has 0 aliphatic carbocycles. The number of hydrogen-bond donors (Lipinski definition) is 1. The van der Waals surface area contributed by atoms with Crippen LogP contribution in [0.25, 0.3) is 16.8 Å². The molecule has 4 nitrogen and oxygen atoms in total. The van der Waals surface area contributed by atoms with Crippen molar-refractivity contribution in [3.05, 3.63) is 34.3 Å². The second-order valence-electron chi connectivity index (χ2n) is 3.88. The van der Waals surface area contributed by atoms with E-state index in [9.17, 15) is 4.39 Å². The summed E-state index contributed by atoms with van der Waals surface area (Å²) in [5, 5.41) is 0. The van der Waals surface area contributed by atoms with Gasteiger partial charge in [-0.2, -0.15) is 0 Å². The van der Waals surface area contributed by atoms with Gasteiger partial charge in [0.15, 0.2) is 0 Å². The van der Waals surface area contributed by atoms with Crippen LogP contribution in [0.3, 0.4) is 0 Å². The summed E-state index contributed by atoms with van der Waals surface area (Å²) in [5.74, 6) is 0.474. The Morgan fingerprint density at radius 3 is 2.94 bits per heavy atom. The minimum Gasteiger partial charge on any atom is -0.325 e. The first kappa shape index (κ1) is 10.7. The molecule has 1 aromatic carbocycles. The van der Waals surface area contributed by atoms with E-state index in [1.807, 2.05) is 16.0 Å². The molecule has 6 heteroatoms. The maximum atomic E-state index is 13.3. The summed E-state index contributed by atoms with van der Waals surface area (Å²) in [6, 6.07) is 4.55. The highest BCUT2D eigenvalue weighted by Crippen LogP contribution is 2.27. The average molecular weight is 297 g/mol. The molecule has 0 amide bonds. The largest absolute Gasteiger partial charge is 0.325 e. The molecule has 0 spiro atoms. The molecule has 2 N–H and O–H groups in total. The lowest BCUT2D eigenvalue weighted by atomic mass is 10.3. The Morgan fingerprint density at radius 1 is 1.47 bits per heavy atom. The van der Waals surface area contributed by atoms with E-state index in [4.69, 9.17) is 5.73 Å². The molecule has 0 radical (unpaired) electrons. The maximum absolute atomic E-state index is 13.3. The van der Waals surface area contributed by atoms with Crippen LogP contribution in [0.5, 0.6) is 0 Å². The highest BCUT2D eigenvalue weighted by molar-refractivity contribution is 9.10.